The zero-order valence-electron chi connectivity index (χ0n) is 14.2. The number of fused-ring (bicyclic) bond motifs is 1. The van der Waals surface area contributed by atoms with E-state index in [0.717, 1.165) is 16.8 Å². The molecule has 4 aromatic rings. The van der Waals surface area contributed by atoms with Crippen LogP contribution in [0.3, 0.4) is 0 Å². The van der Waals surface area contributed by atoms with Crippen molar-refractivity contribution >= 4 is 28.1 Å². The molecule has 0 aliphatic rings. The van der Waals surface area contributed by atoms with Gasteiger partial charge in [-0.15, -0.1) is 0 Å². The van der Waals surface area contributed by atoms with Gasteiger partial charge in [-0.25, -0.2) is 0 Å². The Morgan fingerprint density at radius 2 is 1.52 bits per heavy atom. The number of anilines is 2. The van der Waals surface area contributed by atoms with Gasteiger partial charge in [0, 0.05) is 11.1 Å². The van der Waals surface area contributed by atoms with Crippen LogP contribution in [0.15, 0.2) is 84.9 Å². The summed E-state index contributed by atoms with van der Waals surface area (Å²) in [7, 11) is 0. The highest BCUT2D eigenvalue weighted by Crippen LogP contribution is 2.30. The molecule has 1 heterocycles. The highest BCUT2D eigenvalue weighted by Gasteiger charge is 2.14. The lowest BCUT2D eigenvalue weighted by Gasteiger charge is -2.10. The Bertz CT molecular complexity index is 1100. The monoisotopic (exact) mass is 357 g/mol. The van der Waals surface area contributed by atoms with Crippen molar-refractivity contribution in [3.05, 3.63) is 95.0 Å². The van der Waals surface area contributed by atoms with E-state index in [0.29, 0.717) is 17.0 Å². The number of rotatable bonds is 5. The molecule has 0 unspecified atom stereocenters. The Morgan fingerprint density at radius 1 is 0.852 bits per heavy atom. The lowest BCUT2D eigenvalue weighted by molar-refractivity contribution is -0.389. The van der Waals surface area contributed by atoms with Gasteiger partial charge in [-0.1, -0.05) is 30.3 Å². The summed E-state index contributed by atoms with van der Waals surface area (Å²) in [6, 6.07) is 25.7. The first-order valence-electron chi connectivity index (χ1n) is 8.33. The maximum atomic E-state index is 11.2. The van der Waals surface area contributed by atoms with Crippen molar-refractivity contribution in [1.82, 2.24) is 4.98 Å². The molecule has 0 atom stereocenters. The number of hydrogen-bond donors (Lipinski definition) is 1. The van der Waals surface area contributed by atoms with Crippen LogP contribution in [-0.4, -0.2) is 9.91 Å². The summed E-state index contributed by atoms with van der Waals surface area (Å²) in [5, 5.41) is 15.2. The number of benzene rings is 3. The van der Waals surface area contributed by atoms with Gasteiger partial charge >= 0.3 is 5.82 Å². The molecule has 1 N–H and O–H groups in total. The van der Waals surface area contributed by atoms with E-state index in [-0.39, 0.29) is 5.82 Å². The maximum Gasteiger partial charge on any atom is 0.366 e. The van der Waals surface area contributed by atoms with Crippen molar-refractivity contribution < 1.29 is 9.66 Å². The first-order valence-corrected chi connectivity index (χ1v) is 8.33. The van der Waals surface area contributed by atoms with Crippen LogP contribution in [0.2, 0.25) is 0 Å². The molecule has 0 saturated heterocycles. The zero-order valence-corrected chi connectivity index (χ0v) is 14.2. The average Bonchev–Trinajstić information content (AvgIpc) is 2.70. The van der Waals surface area contributed by atoms with Crippen LogP contribution in [-0.2, 0) is 0 Å². The summed E-state index contributed by atoms with van der Waals surface area (Å²) >= 11 is 0. The third-order valence-electron chi connectivity index (χ3n) is 4.00. The summed E-state index contributed by atoms with van der Waals surface area (Å²) < 4.78 is 5.78. The fourth-order valence-corrected chi connectivity index (χ4v) is 2.74. The van der Waals surface area contributed by atoms with Gasteiger partial charge in [0.05, 0.1) is 11.8 Å². The predicted octanol–water partition coefficient (Wildman–Crippen LogP) is 5.68. The number of nitrogens with zero attached hydrogens (tertiary/aromatic N) is 2. The van der Waals surface area contributed by atoms with Crippen LogP contribution >= 0.6 is 0 Å². The van der Waals surface area contributed by atoms with Crippen molar-refractivity contribution in [3.8, 4) is 11.5 Å². The second kappa shape index (κ2) is 7.13. The Hall–Kier alpha value is -3.93. The first kappa shape index (κ1) is 16.5. The van der Waals surface area contributed by atoms with Crippen LogP contribution in [0.25, 0.3) is 10.9 Å². The number of ether oxygens (including phenoxy) is 1. The molecule has 0 aliphatic heterocycles. The number of nitro groups is 1. The minimum atomic E-state index is -0.492. The largest absolute Gasteiger partial charge is 0.457 e. The molecule has 1 aromatic heterocycles. The number of para-hydroxylation sites is 2. The number of hydrogen-bond acceptors (Lipinski definition) is 5. The highest BCUT2D eigenvalue weighted by atomic mass is 16.6. The topological polar surface area (TPSA) is 77.3 Å². The SMILES string of the molecule is O=[N+]([O-])c1cc(Nc2ccc(Oc3ccccc3)cc2)c2ccccc2n1. The number of pyridine rings is 1. The molecule has 0 spiro atoms. The van der Waals surface area contributed by atoms with Gasteiger partial charge < -0.3 is 20.2 Å². The fraction of sp³-hybridized carbons (Fsp3) is 0. The molecule has 4 rings (SSSR count). The Labute approximate surface area is 155 Å². The molecule has 0 saturated carbocycles. The molecule has 3 aromatic carbocycles. The van der Waals surface area contributed by atoms with E-state index in [1.807, 2.05) is 66.7 Å². The molecular formula is C21H15N3O3. The summed E-state index contributed by atoms with van der Waals surface area (Å²) in [5.41, 5.74) is 1.99. The Morgan fingerprint density at radius 3 is 2.26 bits per heavy atom. The Balaban J connectivity index is 1.61. The minimum Gasteiger partial charge on any atom is -0.457 e. The molecule has 6 heteroatoms. The third-order valence-corrected chi connectivity index (χ3v) is 4.00. The molecule has 0 amide bonds. The fourth-order valence-electron chi connectivity index (χ4n) is 2.74. The summed E-state index contributed by atoms with van der Waals surface area (Å²) in [4.78, 5) is 14.8. The predicted molar refractivity (Wildman–Crippen MR) is 105 cm³/mol. The van der Waals surface area contributed by atoms with E-state index >= 15 is 0 Å². The number of aromatic nitrogens is 1. The van der Waals surface area contributed by atoms with Gasteiger partial charge in [0.15, 0.2) is 5.52 Å². The normalized spacial score (nSPS) is 10.5. The van der Waals surface area contributed by atoms with Crippen LogP contribution in [0, 0.1) is 10.1 Å². The van der Waals surface area contributed by atoms with Crippen molar-refractivity contribution in [3.63, 3.8) is 0 Å². The van der Waals surface area contributed by atoms with Crippen molar-refractivity contribution in [2.24, 2.45) is 0 Å². The molecular weight excluding hydrogens is 342 g/mol. The molecule has 27 heavy (non-hydrogen) atoms. The molecule has 0 bridgehead atoms. The molecule has 6 nitrogen and oxygen atoms in total. The standard InChI is InChI=1S/C21H15N3O3/c25-24(26)21-14-20(18-8-4-5-9-19(18)23-21)22-15-10-12-17(13-11-15)27-16-6-2-1-3-7-16/h1-14H,(H,22,23). The third kappa shape index (κ3) is 3.69. The van der Waals surface area contributed by atoms with Gasteiger partial charge in [-0.2, -0.15) is 0 Å². The van der Waals surface area contributed by atoms with Gasteiger partial charge in [0.1, 0.15) is 11.5 Å². The summed E-state index contributed by atoms with van der Waals surface area (Å²) in [6.45, 7) is 0. The zero-order chi connectivity index (χ0) is 18.6. The van der Waals surface area contributed by atoms with Crippen LogP contribution in [0.1, 0.15) is 0 Å². The smallest absolute Gasteiger partial charge is 0.366 e. The average molecular weight is 357 g/mol. The van der Waals surface area contributed by atoms with E-state index in [4.69, 9.17) is 4.74 Å². The summed E-state index contributed by atoms with van der Waals surface area (Å²) in [5.74, 6) is 1.27. The van der Waals surface area contributed by atoms with Crippen molar-refractivity contribution in [2.45, 2.75) is 0 Å². The summed E-state index contributed by atoms with van der Waals surface area (Å²) in [6.07, 6.45) is 0. The number of nitrogens with one attached hydrogen (secondary N) is 1. The maximum absolute atomic E-state index is 11.2. The molecule has 132 valence electrons. The van der Waals surface area contributed by atoms with E-state index in [1.165, 1.54) is 6.07 Å². The van der Waals surface area contributed by atoms with Gasteiger partial charge in [0.25, 0.3) is 0 Å². The van der Waals surface area contributed by atoms with E-state index < -0.39 is 4.92 Å². The van der Waals surface area contributed by atoms with E-state index in [1.54, 1.807) is 12.1 Å². The minimum absolute atomic E-state index is 0.194. The Kier molecular flexibility index (Phi) is 4.37. The lowest BCUT2D eigenvalue weighted by Crippen LogP contribution is -1.97. The second-order valence-corrected chi connectivity index (χ2v) is 5.87. The van der Waals surface area contributed by atoms with Crippen LogP contribution in [0.5, 0.6) is 11.5 Å². The quantitative estimate of drug-likeness (QED) is 0.367. The molecule has 0 fully saturated rings. The first-order chi connectivity index (χ1) is 13.2. The van der Waals surface area contributed by atoms with Crippen LogP contribution < -0.4 is 10.1 Å². The van der Waals surface area contributed by atoms with Gasteiger partial charge in [0.2, 0.25) is 0 Å². The van der Waals surface area contributed by atoms with Crippen molar-refractivity contribution in [1.29, 1.82) is 0 Å². The molecule has 0 aliphatic carbocycles. The van der Waals surface area contributed by atoms with Crippen LogP contribution in [0.4, 0.5) is 17.2 Å². The van der Waals surface area contributed by atoms with Gasteiger partial charge in [-0.05, 0) is 58.4 Å². The van der Waals surface area contributed by atoms with Crippen molar-refractivity contribution in [2.75, 3.05) is 5.32 Å². The molecule has 0 radical (unpaired) electrons. The lowest BCUT2D eigenvalue weighted by atomic mass is 10.1. The van der Waals surface area contributed by atoms with E-state index in [2.05, 4.69) is 10.3 Å². The van der Waals surface area contributed by atoms with Gasteiger partial charge in [-0.3, -0.25) is 0 Å². The van der Waals surface area contributed by atoms with E-state index in [9.17, 15) is 10.1 Å². The second-order valence-electron chi connectivity index (χ2n) is 5.87. The highest BCUT2D eigenvalue weighted by molar-refractivity contribution is 5.94.